The summed E-state index contributed by atoms with van der Waals surface area (Å²) in [6.45, 7) is 2.57. The summed E-state index contributed by atoms with van der Waals surface area (Å²) >= 11 is 0. The van der Waals surface area contributed by atoms with Gasteiger partial charge in [-0.3, -0.25) is 4.90 Å². The van der Waals surface area contributed by atoms with E-state index in [2.05, 4.69) is 27.1 Å². The number of para-hydroxylation sites is 2. The van der Waals surface area contributed by atoms with Crippen molar-refractivity contribution in [3.05, 3.63) is 60.3 Å². The number of aromatic nitrogens is 1. The molecule has 3 aromatic rings. The molecule has 0 aliphatic carbocycles. The molecular weight excluding hydrogens is 412 g/mol. The normalized spacial score (nSPS) is 21.4. The van der Waals surface area contributed by atoms with E-state index in [9.17, 15) is 8.42 Å². The topological polar surface area (TPSA) is 83.6 Å². The first-order valence-corrected chi connectivity index (χ1v) is 12.0. The van der Waals surface area contributed by atoms with Crippen LogP contribution in [-0.4, -0.2) is 44.7 Å². The first-order chi connectivity index (χ1) is 15.0. The molecule has 0 saturated carbocycles. The quantitative estimate of drug-likeness (QED) is 0.651. The molecule has 0 radical (unpaired) electrons. The van der Waals surface area contributed by atoms with Crippen LogP contribution in [0.25, 0.3) is 10.9 Å². The van der Waals surface area contributed by atoms with Gasteiger partial charge in [-0.15, -0.1) is 0 Å². The summed E-state index contributed by atoms with van der Waals surface area (Å²) in [7, 11) is -1.81. The maximum atomic E-state index is 12.6. The Hall–Kier alpha value is -2.68. The lowest BCUT2D eigenvalue weighted by Crippen LogP contribution is -2.51. The number of fused-ring (bicyclic) bond motifs is 2. The lowest BCUT2D eigenvalue weighted by molar-refractivity contribution is 0.162. The molecule has 1 aromatic heterocycles. The molecule has 3 heterocycles. The van der Waals surface area contributed by atoms with E-state index in [1.807, 2.05) is 30.3 Å². The SMILES string of the molecule is COc1cccc2ccc(CN3CCC(C4Nc5ccccc5S(=O)(=O)N4)CC3)nc12. The van der Waals surface area contributed by atoms with Crippen LogP contribution in [0.2, 0.25) is 0 Å². The van der Waals surface area contributed by atoms with Crippen LogP contribution in [0, 0.1) is 5.92 Å². The fourth-order valence-corrected chi connectivity index (χ4v) is 5.94. The summed E-state index contributed by atoms with van der Waals surface area (Å²) in [4.78, 5) is 7.52. The number of hydrogen-bond donors (Lipinski definition) is 2. The number of nitrogens with one attached hydrogen (secondary N) is 2. The number of nitrogens with zero attached hydrogens (tertiary/aromatic N) is 2. The van der Waals surface area contributed by atoms with Gasteiger partial charge in [-0.2, -0.15) is 4.72 Å². The number of rotatable bonds is 4. The molecule has 8 heteroatoms. The summed E-state index contributed by atoms with van der Waals surface area (Å²) in [5.41, 5.74) is 2.58. The third-order valence-corrected chi connectivity index (χ3v) is 7.72. The van der Waals surface area contributed by atoms with Crippen molar-refractivity contribution < 1.29 is 13.2 Å². The number of ether oxygens (including phenoxy) is 1. The number of likely N-dealkylation sites (tertiary alicyclic amines) is 1. The van der Waals surface area contributed by atoms with Gasteiger partial charge in [-0.25, -0.2) is 13.4 Å². The Morgan fingerprint density at radius 2 is 1.87 bits per heavy atom. The number of pyridine rings is 1. The van der Waals surface area contributed by atoms with Gasteiger partial charge in [0.05, 0.1) is 24.7 Å². The molecule has 2 aliphatic rings. The van der Waals surface area contributed by atoms with Crippen LogP contribution in [0.1, 0.15) is 18.5 Å². The standard InChI is InChI=1S/C23H26N4O3S/c1-30-20-7-4-5-16-9-10-18(24-22(16)20)15-27-13-11-17(12-14-27)23-25-19-6-2-3-8-21(19)31(28,29)26-23/h2-10,17,23,25-26H,11-15H2,1H3. The Morgan fingerprint density at radius 3 is 2.68 bits per heavy atom. The highest BCUT2D eigenvalue weighted by molar-refractivity contribution is 7.89. The smallest absolute Gasteiger partial charge is 0.244 e. The lowest BCUT2D eigenvalue weighted by atomic mass is 9.93. The first-order valence-electron chi connectivity index (χ1n) is 10.6. The van der Waals surface area contributed by atoms with Gasteiger partial charge < -0.3 is 10.1 Å². The van der Waals surface area contributed by atoms with Gasteiger partial charge in [-0.05, 0) is 56.1 Å². The third kappa shape index (κ3) is 3.98. The van der Waals surface area contributed by atoms with E-state index >= 15 is 0 Å². The molecule has 162 valence electrons. The zero-order chi connectivity index (χ0) is 21.4. The Balaban J connectivity index is 1.25. The Morgan fingerprint density at radius 1 is 1.06 bits per heavy atom. The molecule has 2 aliphatic heterocycles. The van der Waals surface area contributed by atoms with Crippen molar-refractivity contribution in [2.24, 2.45) is 5.92 Å². The van der Waals surface area contributed by atoms with Gasteiger partial charge in [0.1, 0.15) is 16.2 Å². The second kappa shape index (κ2) is 8.11. The first kappa shape index (κ1) is 20.2. The predicted molar refractivity (Wildman–Crippen MR) is 120 cm³/mol. The van der Waals surface area contributed by atoms with Gasteiger partial charge in [-0.1, -0.05) is 30.3 Å². The largest absolute Gasteiger partial charge is 0.494 e. The second-order valence-corrected chi connectivity index (χ2v) is 9.87. The lowest BCUT2D eigenvalue weighted by Gasteiger charge is -2.38. The number of sulfonamides is 1. The maximum Gasteiger partial charge on any atom is 0.244 e. The van der Waals surface area contributed by atoms with Crippen LogP contribution in [-0.2, 0) is 16.6 Å². The minimum absolute atomic E-state index is 0.240. The second-order valence-electron chi connectivity index (χ2n) is 8.19. The van der Waals surface area contributed by atoms with Crippen LogP contribution in [0.3, 0.4) is 0 Å². The van der Waals surface area contributed by atoms with Crippen molar-refractivity contribution in [1.29, 1.82) is 0 Å². The van der Waals surface area contributed by atoms with Crippen LogP contribution >= 0.6 is 0 Å². The third-order valence-electron chi connectivity index (χ3n) is 6.22. The molecule has 31 heavy (non-hydrogen) atoms. The molecule has 5 rings (SSSR count). The van der Waals surface area contributed by atoms with Gasteiger partial charge in [0.15, 0.2) is 0 Å². The summed E-state index contributed by atoms with van der Waals surface area (Å²) in [5, 5.41) is 4.45. The molecule has 1 fully saturated rings. The van der Waals surface area contributed by atoms with Crippen LogP contribution in [0.4, 0.5) is 5.69 Å². The molecule has 2 aromatic carbocycles. The average molecular weight is 439 g/mol. The van der Waals surface area contributed by atoms with Crippen molar-refractivity contribution in [1.82, 2.24) is 14.6 Å². The van der Waals surface area contributed by atoms with Crippen LogP contribution in [0.15, 0.2) is 59.5 Å². The minimum Gasteiger partial charge on any atom is -0.494 e. The number of methoxy groups -OCH3 is 1. The molecule has 1 atom stereocenters. The van der Waals surface area contributed by atoms with Crippen molar-refractivity contribution >= 4 is 26.6 Å². The Labute approximate surface area is 182 Å². The monoisotopic (exact) mass is 438 g/mol. The van der Waals surface area contributed by atoms with E-state index in [1.165, 1.54) is 0 Å². The fourth-order valence-electron chi connectivity index (χ4n) is 4.55. The van der Waals surface area contributed by atoms with Crippen molar-refractivity contribution in [3.8, 4) is 5.75 Å². The average Bonchev–Trinajstić information content (AvgIpc) is 2.79. The molecular formula is C23H26N4O3S. The molecule has 7 nitrogen and oxygen atoms in total. The predicted octanol–water partition coefficient (Wildman–Crippen LogP) is 3.19. The number of benzene rings is 2. The minimum atomic E-state index is -3.48. The number of piperidine rings is 1. The van der Waals surface area contributed by atoms with E-state index in [0.29, 0.717) is 10.6 Å². The van der Waals surface area contributed by atoms with Crippen molar-refractivity contribution in [3.63, 3.8) is 0 Å². The van der Waals surface area contributed by atoms with E-state index in [1.54, 1.807) is 19.2 Å². The Kier molecular flexibility index (Phi) is 5.29. The van der Waals surface area contributed by atoms with Crippen molar-refractivity contribution in [2.45, 2.75) is 30.4 Å². The van der Waals surface area contributed by atoms with Gasteiger partial charge in [0, 0.05) is 11.9 Å². The summed E-state index contributed by atoms with van der Waals surface area (Å²) in [5.74, 6) is 1.03. The maximum absolute atomic E-state index is 12.6. The fraction of sp³-hybridized carbons (Fsp3) is 0.348. The number of anilines is 1. The highest BCUT2D eigenvalue weighted by Gasteiger charge is 2.35. The highest BCUT2D eigenvalue weighted by atomic mass is 32.2. The summed E-state index contributed by atoms with van der Waals surface area (Å²) in [6, 6.07) is 17.2. The summed E-state index contributed by atoms with van der Waals surface area (Å²) < 4.78 is 33.5. The molecule has 1 unspecified atom stereocenters. The highest BCUT2D eigenvalue weighted by Crippen LogP contribution is 2.31. The molecule has 1 saturated heterocycles. The summed E-state index contributed by atoms with van der Waals surface area (Å²) in [6.07, 6.45) is 1.56. The van der Waals surface area contributed by atoms with E-state index in [0.717, 1.165) is 54.8 Å². The Bertz CT molecular complexity index is 1210. The molecule has 0 bridgehead atoms. The van der Waals surface area contributed by atoms with E-state index < -0.39 is 10.0 Å². The number of hydrogen-bond acceptors (Lipinski definition) is 6. The van der Waals surface area contributed by atoms with Crippen molar-refractivity contribution in [2.75, 3.05) is 25.5 Å². The van der Waals surface area contributed by atoms with Crippen LogP contribution < -0.4 is 14.8 Å². The molecule has 0 amide bonds. The van der Waals surface area contributed by atoms with E-state index in [-0.39, 0.29) is 12.1 Å². The van der Waals surface area contributed by atoms with E-state index in [4.69, 9.17) is 9.72 Å². The van der Waals surface area contributed by atoms with Crippen LogP contribution in [0.5, 0.6) is 5.75 Å². The van der Waals surface area contributed by atoms with Gasteiger partial charge >= 0.3 is 0 Å². The van der Waals surface area contributed by atoms with Gasteiger partial charge in [0.25, 0.3) is 0 Å². The van der Waals surface area contributed by atoms with Gasteiger partial charge in [0.2, 0.25) is 10.0 Å². The zero-order valence-electron chi connectivity index (χ0n) is 17.4. The zero-order valence-corrected chi connectivity index (χ0v) is 18.2. The molecule has 0 spiro atoms. The molecule has 2 N–H and O–H groups in total.